The first-order valence-corrected chi connectivity index (χ1v) is 10.1. The lowest BCUT2D eigenvalue weighted by molar-refractivity contribution is 0.731. The van der Waals surface area contributed by atoms with Crippen LogP contribution in [0.5, 0.6) is 0 Å². The fraction of sp³-hybridized carbons (Fsp3) is 0.652. The Labute approximate surface area is 144 Å². The lowest BCUT2D eigenvalue weighted by Crippen LogP contribution is -2.11. The van der Waals surface area contributed by atoms with Crippen LogP contribution in [0.25, 0.3) is 5.57 Å². The largest absolute Gasteiger partial charge is 0.0645 e. The zero-order valence-corrected chi connectivity index (χ0v) is 16.5. The highest BCUT2D eigenvalue weighted by atomic mass is 14.4. The molecule has 0 heteroatoms. The Hall–Kier alpha value is -1.04. The van der Waals surface area contributed by atoms with E-state index in [1.165, 1.54) is 44.9 Å². The summed E-state index contributed by atoms with van der Waals surface area (Å²) in [6.45, 7) is 16.5. The van der Waals surface area contributed by atoms with E-state index in [4.69, 9.17) is 0 Å². The van der Waals surface area contributed by atoms with Crippen LogP contribution in [0.3, 0.4) is 0 Å². The zero-order valence-electron chi connectivity index (χ0n) is 16.5. The molecule has 0 amide bonds. The maximum absolute atomic E-state index is 2.38. The average Bonchev–Trinajstić information content (AvgIpc) is 2.91. The molecule has 1 atom stereocenters. The van der Waals surface area contributed by atoms with Crippen LogP contribution < -0.4 is 0 Å². The van der Waals surface area contributed by atoms with E-state index in [1.54, 1.807) is 44.5 Å². The molecule has 0 bridgehead atoms. The van der Waals surface area contributed by atoms with E-state index in [0.717, 1.165) is 0 Å². The van der Waals surface area contributed by atoms with Crippen LogP contribution in [-0.2, 0) is 25.7 Å². The molecular formula is C23H36. The van der Waals surface area contributed by atoms with Gasteiger partial charge in [0.15, 0.2) is 0 Å². The first-order valence-electron chi connectivity index (χ1n) is 10.1. The highest BCUT2D eigenvalue weighted by Gasteiger charge is 2.34. The van der Waals surface area contributed by atoms with Crippen LogP contribution in [0.4, 0.5) is 0 Å². The molecule has 0 saturated carbocycles. The molecule has 1 aromatic carbocycles. The Balaban J connectivity index is 2.94. The lowest BCUT2D eigenvalue weighted by Gasteiger charge is -2.25. The van der Waals surface area contributed by atoms with Gasteiger partial charge in [0, 0.05) is 5.92 Å². The Kier molecular flexibility index (Phi) is 6.12. The van der Waals surface area contributed by atoms with E-state index in [9.17, 15) is 0 Å². The lowest BCUT2D eigenvalue weighted by atomic mass is 9.79. The number of rotatable bonds is 7. The summed E-state index contributed by atoms with van der Waals surface area (Å²) in [5, 5.41) is 0. The van der Waals surface area contributed by atoms with Gasteiger partial charge in [0.1, 0.15) is 0 Å². The van der Waals surface area contributed by atoms with Crippen molar-refractivity contribution in [1.29, 1.82) is 0 Å². The van der Waals surface area contributed by atoms with Gasteiger partial charge in [-0.15, -0.1) is 0 Å². The summed E-state index contributed by atoms with van der Waals surface area (Å²) in [4.78, 5) is 0. The third kappa shape index (κ3) is 2.69. The number of benzene rings is 1. The van der Waals surface area contributed by atoms with Crippen molar-refractivity contribution < 1.29 is 0 Å². The highest BCUT2D eigenvalue weighted by molar-refractivity contribution is 5.83. The van der Waals surface area contributed by atoms with Gasteiger partial charge in [-0.2, -0.15) is 0 Å². The minimum absolute atomic E-state index is 0.682. The first kappa shape index (κ1) is 18.3. The van der Waals surface area contributed by atoms with Gasteiger partial charge in [0.2, 0.25) is 0 Å². The van der Waals surface area contributed by atoms with Crippen molar-refractivity contribution in [1.82, 2.24) is 0 Å². The standard InChI is InChI=1S/C23H36/c1-8-15-16(9-2)19(12-5)23-21(14-7)17(10-3)20(13-6)22(23)18(15)11-4/h20H,8-14H2,1-7H3. The van der Waals surface area contributed by atoms with Crippen molar-refractivity contribution in [3.8, 4) is 0 Å². The Bertz CT molecular complexity index is 601. The molecule has 2 rings (SSSR count). The van der Waals surface area contributed by atoms with E-state index < -0.39 is 0 Å². The van der Waals surface area contributed by atoms with E-state index in [-0.39, 0.29) is 0 Å². The van der Waals surface area contributed by atoms with E-state index >= 15 is 0 Å². The smallest absolute Gasteiger partial charge is 0.00604 e. The molecule has 23 heavy (non-hydrogen) atoms. The van der Waals surface area contributed by atoms with Gasteiger partial charge >= 0.3 is 0 Å². The number of hydrogen-bond donors (Lipinski definition) is 0. The van der Waals surface area contributed by atoms with Crippen LogP contribution in [0.2, 0.25) is 0 Å². The molecule has 0 heterocycles. The molecule has 0 radical (unpaired) electrons. The average molecular weight is 313 g/mol. The van der Waals surface area contributed by atoms with E-state index in [1.807, 2.05) is 0 Å². The summed E-state index contributed by atoms with van der Waals surface area (Å²) in [6.07, 6.45) is 8.40. The van der Waals surface area contributed by atoms with Crippen molar-refractivity contribution in [2.75, 3.05) is 0 Å². The maximum atomic E-state index is 2.38. The second-order valence-electron chi connectivity index (χ2n) is 6.79. The van der Waals surface area contributed by atoms with E-state index in [2.05, 4.69) is 48.5 Å². The van der Waals surface area contributed by atoms with Crippen LogP contribution in [0.1, 0.15) is 107 Å². The molecule has 0 fully saturated rings. The molecule has 0 N–H and O–H groups in total. The number of allylic oxidation sites excluding steroid dienone is 2. The molecule has 1 unspecified atom stereocenters. The summed E-state index contributed by atoms with van der Waals surface area (Å²) in [5.41, 5.74) is 13.6. The van der Waals surface area contributed by atoms with Gasteiger partial charge in [-0.3, -0.25) is 0 Å². The first-order chi connectivity index (χ1) is 11.1. The van der Waals surface area contributed by atoms with Crippen molar-refractivity contribution >= 4 is 5.57 Å². The predicted molar refractivity (Wildman–Crippen MR) is 104 cm³/mol. The van der Waals surface area contributed by atoms with Crippen molar-refractivity contribution in [2.24, 2.45) is 0 Å². The fourth-order valence-electron chi connectivity index (χ4n) is 5.23. The van der Waals surface area contributed by atoms with Gasteiger partial charge in [0.05, 0.1) is 0 Å². The molecule has 1 aromatic rings. The summed E-state index contributed by atoms with van der Waals surface area (Å²) < 4.78 is 0. The monoisotopic (exact) mass is 312 g/mol. The third-order valence-electron chi connectivity index (χ3n) is 6.00. The van der Waals surface area contributed by atoms with Gasteiger partial charge in [-0.25, -0.2) is 0 Å². The molecule has 0 aromatic heterocycles. The van der Waals surface area contributed by atoms with Gasteiger partial charge < -0.3 is 0 Å². The van der Waals surface area contributed by atoms with Crippen LogP contribution in [0.15, 0.2) is 5.57 Å². The molecule has 1 aliphatic carbocycles. The quantitative estimate of drug-likeness (QED) is 0.507. The highest BCUT2D eigenvalue weighted by Crippen LogP contribution is 2.51. The summed E-state index contributed by atoms with van der Waals surface area (Å²) >= 11 is 0. The maximum Gasteiger partial charge on any atom is 0.00604 e. The van der Waals surface area contributed by atoms with Crippen LogP contribution in [-0.4, -0.2) is 0 Å². The summed E-state index contributed by atoms with van der Waals surface area (Å²) in [5.74, 6) is 0.682. The zero-order chi connectivity index (χ0) is 17.1. The molecule has 0 spiro atoms. The number of fused-ring (bicyclic) bond motifs is 1. The minimum atomic E-state index is 0.682. The second-order valence-corrected chi connectivity index (χ2v) is 6.79. The third-order valence-corrected chi connectivity index (χ3v) is 6.00. The SMILES string of the molecule is CCC1=C(CC)C(CC)c2c(CC)c(CC)c(CC)c(CC)c21. The Morgan fingerprint density at radius 2 is 1.09 bits per heavy atom. The van der Waals surface area contributed by atoms with Crippen molar-refractivity contribution in [3.05, 3.63) is 39.0 Å². The van der Waals surface area contributed by atoms with Crippen molar-refractivity contribution in [2.45, 2.75) is 99.3 Å². The second kappa shape index (κ2) is 7.69. The molecule has 1 aliphatic rings. The molecule has 128 valence electrons. The van der Waals surface area contributed by atoms with Crippen LogP contribution >= 0.6 is 0 Å². The van der Waals surface area contributed by atoms with Gasteiger partial charge in [-0.05, 0) is 83.9 Å². The normalized spacial score (nSPS) is 17.1. The summed E-state index contributed by atoms with van der Waals surface area (Å²) in [7, 11) is 0. The summed E-state index contributed by atoms with van der Waals surface area (Å²) in [6, 6.07) is 0. The molecule has 0 aliphatic heterocycles. The van der Waals surface area contributed by atoms with E-state index in [0.29, 0.717) is 5.92 Å². The minimum Gasteiger partial charge on any atom is -0.0645 e. The van der Waals surface area contributed by atoms with Crippen LogP contribution in [0, 0.1) is 0 Å². The molecule has 0 saturated heterocycles. The van der Waals surface area contributed by atoms with Gasteiger partial charge in [0.25, 0.3) is 0 Å². The van der Waals surface area contributed by atoms with Crippen molar-refractivity contribution in [3.63, 3.8) is 0 Å². The molecule has 0 nitrogen and oxygen atoms in total. The Morgan fingerprint density at radius 3 is 1.48 bits per heavy atom. The number of hydrogen-bond acceptors (Lipinski definition) is 0. The topological polar surface area (TPSA) is 0 Å². The Morgan fingerprint density at radius 1 is 0.565 bits per heavy atom. The fourth-order valence-corrected chi connectivity index (χ4v) is 5.23. The molecular weight excluding hydrogens is 276 g/mol. The van der Waals surface area contributed by atoms with Gasteiger partial charge in [-0.1, -0.05) is 54.0 Å². The predicted octanol–water partition coefficient (Wildman–Crippen LogP) is 7.02.